The summed E-state index contributed by atoms with van der Waals surface area (Å²) in [6.45, 7) is 3.70. The van der Waals surface area contributed by atoms with E-state index in [0.29, 0.717) is 11.3 Å². The van der Waals surface area contributed by atoms with Gasteiger partial charge in [0, 0.05) is 5.69 Å². The zero-order valence-corrected chi connectivity index (χ0v) is 14.8. The molecule has 132 valence electrons. The number of amides is 1. The molecule has 0 bridgehead atoms. The van der Waals surface area contributed by atoms with Crippen molar-refractivity contribution in [1.29, 1.82) is 0 Å². The predicted octanol–water partition coefficient (Wildman–Crippen LogP) is 3.98. The van der Waals surface area contributed by atoms with Crippen molar-refractivity contribution in [2.24, 2.45) is 0 Å². The molecule has 2 aromatic rings. The molecule has 25 heavy (non-hydrogen) atoms. The minimum atomic E-state index is -0.153. The number of carbonyl (C=O) groups excluding carboxylic acids is 1. The minimum Gasteiger partial charge on any atom is -0.496 e. The number of nitrogens with one attached hydrogen (secondary N) is 1. The molecule has 0 saturated carbocycles. The molecule has 0 unspecified atom stereocenters. The van der Waals surface area contributed by atoms with Crippen molar-refractivity contribution >= 4 is 11.6 Å². The van der Waals surface area contributed by atoms with Gasteiger partial charge in [-0.3, -0.25) is 4.79 Å². The molecule has 1 aliphatic rings. The summed E-state index contributed by atoms with van der Waals surface area (Å²) in [5, 5.41) is 2.93. The summed E-state index contributed by atoms with van der Waals surface area (Å²) < 4.78 is 5.24. The van der Waals surface area contributed by atoms with Crippen molar-refractivity contribution in [3.63, 3.8) is 0 Å². The highest BCUT2D eigenvalue weighted by Gasteiger charge is 2.12. The lowest BCUT2D eigenvalue weighted by Crippen LogP contribution is -2.20. The van der Waals surface area contributed by atoms with E-state index in [1.807, 2.05) is 24.3 Å². The van der Waals surface area contributed by atoms with Crippen LogP contribution in [0.3, 0.4) is 0 Å². The topological polar surface area (TPSA) is 41.6 Å². The number of hydrogen-bond acceptors (Lipinski definition) is 3. The Morgan fingerprint density at radius 2 is 1.80 bits per heavy atom. The maximum absolute atomic E-state index is 12.4. The van der Waals surface area contributed by atoms with Gasteiger partial charge in [0.25, 0.3) is 5.91 Å². The number of aryl methyl sites for hydroxylation is 1. The number of benzene rings is 2. The number of para-hydroxylation sites is 1. The monoisotopic (exact) mass is 338 g/mol. The molecular formula is C21H26N2O2. The van der Waals surface area contributed by atoms with Crippen molar-refractivity contribution in [3.8, 4) is 5.75 Å². The molecule has 0 spiro atoms. The van der Waals surface area contributed by atoms with Gasteiger partial charge in [-0.25, -0.2) is 0 Å². The second-order valence-electron chi connectivity index (χ2n) is 6.50. The van der Waals surface area contributed by atoms with Crippen LogP contribution < -0.4 is 10.1 Å². The lowest BCUT2D eigenvalue weighted by molar-refractivity contribution is 0.102. The fraction of sp³-hybridized carbons (Fsp3) is 0.381. The number of hydrogen-bond donors (Lipinski definition) is 1. The highest BCUT2D eigenvalue weighted by molar-refractivity contribution is 6.06. The number of methoxy groups -OCH3 is 1. The van der Waals surface area contributed by atoms with Crippen LogP contribution in [0.5, 0.6) is 5.75 Å². The molecular weight excluding hydrogens is 312 g/mol. The molecule has 4 nitrogen and oxygen atoms in total. The van der Waals surface area contributed by atoms with E-state index in [4.69, 9.17) is 4.74 Å². The molecule has 0 radical (unpaired) electrons. The predicted molar refractivity (Wildman–Crippen MR) is 101 cm³/mol. The average Bonchev–Trinajstić information content (AvgIpc) is 3.16. The Hall–Kier alpha value is -2.33. The van der Waals surface area contributed by atoms with Crippen LogP contribution in [0.25, 0.3) is 0 Å². The molecule has 3 rings (SSSR count). The Kier molecular flexibility index (Phi) is 6.07. The molecule has 1 heterocycles. The zero-order chi connectivity index (χ0) is 17.5. The number of ether oxygens (including phenoxy) is 1. The van der Waals surface area contributed by atoms with E-state index in [2.05, 4.69) is 22.3 Å². The molecule has 0 atom stereocenters. The Morgan fingerprint density at radius 1 is 1.08 bits per heavy atom. The van der Waals surface area contributed by atoms with Gasteiger partial charge in [0.15, 0.2) is 0 Å². The van der Waals surface area contributed by atoms with Gasteiger partial charge < -0.3 is 15.0 Å². The van der Waals surface area contributed by atoms with E-state index < -0.39 is 0 Å². The largest absolute Gasteiger partial charge is 0.496 e. The van der Waals surface area contributed by atoms with Gasteiger partial charge >= 0.3 is 0 Å². The van der Waals surface area contributed by atoms with E-state index in [-0.39, 0.29) is 5.91 Å². The summed E-state index contributed by atoms with van der Waals surface area (Å²) in [5.41, 5.74) is 2.66. The SMILES string of the molecule is COc1ccccc1C(=O)Nc1ccc(CCCN2CCCC2)cc1. The Morgan fingerprint density at radius 3 is 2.52 bits per heavy atom. The van der Waals surface area contributed by atoms with Crippen LogP contribution in [0.15, 0.2) is 48.5 Å². The van der Waals surface area contributed by atoms with Gasteiger partial charge in [0.2, 0.25) is 0 Å². The van der Waals surface area contributed by atoms with Crippen LogP contribution in [0, 0.1) is 0 Å². The number of rotatable bonds is 7. The quantitative estimate of drug-likeness (QED) is 0.830. The number of carbonyl (C=O) groups is 1. The third-order valence-corrected chi connectivity index (χ3v) is 4.70. The molecule has 1 saturated heterocycles. The van der Waals surface area contributed by atoms with Gasteiger partial charge in [-0.05, 0) is 75.1 Å². The van der Waals surface area contributed by atoms with E-state index in [1.165, 1.54) is 44.5 Å². The molecule has 0 aromatic heterocycles. The van der Waals surface area contributed by atoms with Crippen LogP contribution in [-0.4, -0.2) is 37.6 Å². The maximum atomic E-state index is 12.4. The Bertz CT molecular complexity index is 691. The first-order chi connectivity index (χ1) is 12.3. The van der Waals surface area contributed by atoms with E-state index in [9.17, 15) is 4.79 Å². The number of nitrogens with zero attached hydrogens (tertiary/aromatic N) is 1. The van der Waals surface area contributed by atoms with Crippen molar-refractivity contribution in [1.82, 2.24) is 4.90 Å². The third kappa shape index (κ3) is 4.83. The minimum absolute atomic E-state index is 0.153. The lowest BCUT2D eigenvalue weighted by Gasteiger charge is -2.14. The van der Waals surface area contributed by atoms with E-state index in [1.54, 1.807) is 19.2 Å². The lowest BCUT2D eigenvalue weighted by atomic mass is 10.1. The Labute approximate surface area is 149 Å². The summed E-state index contributed by atoms with van der Waals surface area (Å²) in [6.07, 6.45) is 4.96. The third-order valence-electron chi connectivity index (χ3n) is 4.70. The summed E-state index contributed by atoms with van der Waals surface area (Å²) in [7, 11) is 1.57. The first-order valence-electron chi connectivity index (χ1n) is 9.02. The maximum Gasteiger partial charge on any atom is 0.259 e. The smallest absolute Gasteiger partial charge is 0.259 e. The number of anilines is 1. The van der Waals surface area contributed by atoms with Gasteiger partial charge in [-0.1, -0.05) is 24.3 Å². The summed E-state index contributed by atoms with van der Waals surface area (Å²) in [6, 6.07) is 15.4. The second kappa shape index (κ2) is 8.67. The average molecular weight is 338 g/mol. The molecule has 4 heteroatoms. The highest BCUT2D eigenvalue weighted by Crippen LogP contribution is 2.19. The standard InChI is InChI=1S/C21H26N2O2/c1-25-20-9-3-2-8-19(20)21(24)22-18-12-10-17(11-13-18)7-6-16-23-14-4-5-15-23/h2-3,8-13H,4-7,14-16H2,1H3,(H,22,24). The zero-order valence-electron chi connectivity index (χ0n) is 14.8. The molecule has 1 amide bonds. The van der Waals surface area contributed by atoms with Gasteiger partial charge in [0.05, 0.1) is 12.7 Å². The molecule has 1 fully saturated rings. The van der Waals surface area contributed by atoms with Crippen molar-refractivity contribution in [2.45, 2.75) is 25.7 Å². The van der Waals surface area contributed by atoms with Crippen LogP contribution in [0.2, 0.25) is 0 Å². The van der Waals surface area contributed by atoms with E-state index >= 15 is 0 Å². The van der Waals surface area contributed by atoms with Crippen LogP contribution in [0.4, 0.5) is 5.69 Å². The second-order valence-corrected chi connectivity index (χ2v) is 6.50. The molecule has 0 aliphatic carbocycles. The Balaban J connectivity index is 1.52. The van der Waals surface area contributed by atoms with Crippen molar-refractivity contribution in [3.05, 3.63) is 59.7 Å². The van der Waals surface area contributed by atoms with Crippen LogP contribution >= 0.6 is 0 Å². The summed E-state index contributed by atoms with van der Waals surface area (Å²) in [4.78, 5) is 14.9. The molecule has 1 aliphatic heterocycles. The van der Waals surface area contributed by atoms with Crippen LogP contribution in [0.1, 0.15) is 35.2 Å². The van der Waals surface area contributed by atoms with Crippen LogP contribution in [-0.2, 0) is 6.42 Å². The normalized spacial score (nSPS) is 14.4. The summed E-state index contributed by atoms with van der Waals surface area (Å²) >= 11 is 0. The fourth-order valence-electron chi connectivity index (χ4n) is 3.30. The highest BCUT2D eigenvalue weighted by atomic mass is 16.5. The first kappa shape index (κ1) is 17.5. The molecule has 2 aromatic carbocycles. The van der Waals surface area contributed by atoms with E-state index in [0.717, 1.165) is 12.1 Å². The van der Waals surface area contributed by atoms with Crippen molar-refractivity contribution in [2.75, 3.05) is 32.1 Å². The summed E-state index contributed by atoms with van der Waals surface area (Å²) in [5.74, 6) is 0.428. The van der Waals surface area contributed by atoms with Gasteiger partial charge in [0.1, 0.15) is 5.75 Å². The number of likely N-dealkylation sites (tertiary alicyclic amines) is 1. The molecule has 1 N–H and O–H groups in total. The van der Waals surface area contributed by atoms with Gasteiger partial charge in [-0.15, -0.1) is 0 Å². The van der Waals surface area contributed by atoms with Gasteiger partial charge in [-0.2, -0.15) is 0 Å². The fourth-order valence-corrected chi connectivity index (χ4v) is 3.30. The first-order valence-corrected chi connectivity index (χ1v) is 9.02. The van der Waals surface area contributed by atoms with Crippen molar-refractivity contribution < 1.29 is 9.53 Å².